The van der Waals surface area contributed by atoms with Gasteiger partial charge >= 0.3 is 6.18 Å². The highest BCUT2D eigenvalue weighted by Crippen LogP contribution is 2.37. The molecule has 0 fully saturated rings. The third-order valence-corrected chi connectivity index (χ3v) is 2.16. The first-order valence-corrected chi connectivity index (χ1v) is 4.56. The Balaban J connectivity index is 3.42. The molecule has 0 saturated heterocycles. The van der Waals surface area contributed by atoms with Gasteiger partial charge in [0.05, 0.1) is 28.8 Å². The van der Waals surface area contributed by atoms with Crippen LogP contribution in [-0.2, 0) is 12.6 Å². The highest BCUT2D eigenvalue weighted by Gasteiger charge is 2.37. The van der Waals surface area contributed by atoms with Gasteiger partial charge in [0.15, 0.2) is 0 Å². The topological polar surface area (TPSA) is 36.7 Å². The summed E-state index contributed by atoms with van der Waals surface area (Å²) in [6.45, 7) is 0. The average molecular weight is 271 g/mol. The highest BCUT2D eigenvalue weighted by atomic mass is 35.5. The number of nitriles is 1. The molecular weight excluding hydrogens is 267 g/mol. The molecule has 1 heterocycles. The zero-order valence-corrected chi connectivity index (χ0v) is 8.78. The zero-order chi connectivity index (χ0) is 13.2. The summed E-state index contributed by atoms with van der Waals surface area (Å²) in [6.07, 6.45) is -8.79. The normalized spacial score (nSPS) is 11.6. The minimum absolute atomic E-state index is 0.294. The van der Waals surface area contributed by atoms with Crippen LogP contribution in [0.4, 0.5) is 22.0 Å². The van der Waals surface area contributed by atoms with Crippen LogP contribution in [0.1, 0.15) is 23.4 Å². The molecule has 0 atom stereocenters. The molecule has 1 aromatic heterocycles. The van der Waals surface area contributed by atoms with E-state index < -0.39 is 35.3 Å². The van der Waals surface area contributed by atoms with Crippen LogP contribution in [0.2, 0.25) is 5.02 Å². The van der Waals surface area contributed by atoms with E-state index in [9.17, 15) is 22.0 Å². The van der Waals surface area contributed by atoms with E-state index in [1.807, 2.05) is 0 Å². The zero-order valence-electron chi connectivity index (χ0n) is 8.02. The van der Waals surface area contributed by atoms with Gasteiger partial charge in [0.2, 0.25) is 0 Å². The van der Waals surface area contributed by atoms with Crippen molar-refractivity contribution in [2.24, 2.45) is 0 Å². The highest BCUT2D eigenvalue weighted by molar-refractivity contribution is 6.31. The largest absolute Gasteiger partial charge is 0.418 e. The van der Waals surface area contributed by atoms with Gasteiger partial charge in [-0.05, 0) is 6.07 Å². The maximum Gasteiger partial charge on any atom is 0.418 e. The van der Waals surface area contributed by atoms with E-state index >= 15 is 0 Å². The van der Waals surface area contributed by atoms with E-state index in [-0.39, 0.29) is 5.69 Å². The van der Waals surface area contributed by atoms with Crippen molar-refractivity contribution < 1.29 is 22.0 Å². The Morgan fingerprint density at radius 1 is 1.41 bits per heavy atom. The first-order valence-electron chi connectivity index (χ1n) is 4.19. The van der Waals surface area contributed by atoms with Crippen molar-refractivity contribution in [3.63, 3.8) is 0 Å². The molecule has 0 radical (unpaired) electrons. The molecule has 1 aromatic rings. The second-order valence-corrected chi connectivity index (χ2v) is 3.39. The second kappa shape index (κ2) is 4.84. The number of hydrogen-bond acceptors (Lipinski definition) is 2. The number of hydrogen-bond donors (Lipinski definition) is 0. The molecule has 2 nitrogen and oxygen atoms in total. The molecule has 0 aliphatic carbocycles. The van der Waals surface area contributed by atoms with Crippen LogP contribution in [-0.4, -0.2) is 4.98 Å². The molecule has 0 saturated carbocycles. The molecule has 0 spiro atoms. The van der Waals surface area contributed by atoms with Crippen molar-refractivity contribution >= 4 is 11.6 Å². The van der Waals surface area contributed by atoms with Crippen LogP contribution < -0.4 is 0 Å². The fourth-order valence-electron chi connectivity index (χ4n) is 1.14. The number of halogens is 6. The molecule has 8 heteroatoms. The van der Waals surface area contributed by atoms with Crippen LogP contribution in [0.15, 0.2) is 6.07 Å². The number of nitrogens with zero attached hydrogens (tertiary/aromatic N) is 2. The van der Waals surface area contributed by atoms with Crippen LogP contribution >= 0.6 is 11.6 Å². The van der Waals surface area contributed by atoms with Crippen molar-refractivity contribution in [2.45, 2.75) is 19.0 Å². The van der Waals surface area contributed by atoms with Gasteiger partial charge in [-0.2, -0.15) is 18.4 Å². The lowest BCUT2D eigenvalue weighted by atomic mass is 10.1. The quantitative estimate of drug-likeness (QED) is 0.767. The molecular formula is C9H4ClF5N2. The summed E-state index contributed by atoms with van der Waals surface area (Å²) >= 11 is 5.43. The molecule has 0 unspecified atom stereocenters. The number of rotatable bonds is 2. The number of aromatic nitrogens is 1. The van der Waals surface area contributed by atoms with Gasteiger partial charge in [0.25, 0.3) is 6.43 Å². The standard InChI is InChI=1S/C9H4ClF5N2/c10-5-3-4(9(13,14)15)7(8(11)12)17-6(5)1-2-16/h3,8H,1H2. The Morgan fingerprint density at radius 2 is 2.00 bits per heavy atom. The SMILES string of the molecule is N#CCc1nc(C(F)F)c(C(F)(F)F)cc1Cl. The molecule has 0 aromatic carbocycles. The van der Waals surface area contributed by atoms with Gasteiger partial charge in [-0.1, -0.05) is 11.6 Å². The van der Waals surface area contributed by atoms with E-state index in [1.54, 1.807) is 6.07 Å². The van der Waals surface area contributed by atoms with Crippen LogP contribution in [0.25, 0.3) is 0 Å². The predicted molar refractivity (Wildman–Crippen MR) is 48.5 cm³/mol. The van der Waals surface area contributed by atoms with Crippen LogP contribution in [0.3, 0.4) is 0 Å². The third-order valence-electron chi connectivity index (χ3n) is 1.84. The predicted octanol–water partition coefficient (Wildman–Crippen LogP) is 3.76. The lowest BCUT2D eigenvalue weighted by Crippen LogP contribution is -2.13. The van der Waals surface area contributed by atoms with Crippen molar-refractivity contribution in [1.82, 2.24) is 4.98 Å². The smallest absolute Gasteiger partial charge is 0.249 e. The first kappa shape index (κ1) is 13.6. The summed E-state index contributed by atoms with van der Waals surface area (Å²) in [5, 5.41) is 7.89. The van der Waals surface area contributed by atoms with Crippen molar-refractivity contribution in [1.29, 1.82) is 5.26 Å². The fourth-order valence-corrected chi connectivity index (χ4v) is 1.35. The lowest BCUT2D eigenvalue weighted by molar-refractivity contribution is -0.139. The van der Waals surface area contributed by atoms with Gasteiger partial charge in [-0.25, -0.2) is 13.8 Å². The van der Waals surface area contributed by atoms with Gasteiger partial charge in [0, 0.05) is 0 Å². The molecule has 1 rings (SSSR count). The summed E-state index contributed by atoms with van der Waals surface area (Å²) < 4.78 is 62.1. The van der Waals surface area contributed by atoms with Gasteiger partial charge in [-0.15, -0.1) is 0 Å². The Bertz CT molecular complexity index is 464. The minimum Gasteiger partial charge on any atom is -0.249 e. The molecule has 0 N–H and O–H groups in total. The fraction of sp³-hybridized carbons (Fsp3) is 0.333. The monoisotopic (exact) mass is 270 g/mol. The third kappa shape index (κ3) is 3.03. The van der Waals surface area contributed by atoms with Crippen molar-refractivity contribution in [3.8, 4) is 6.07 Å². The molecule has 0 bridgehead atoms. The summed E-state index contributed by atoms with van der Waals surface area (Å²) in [4.78, 5) is 3.10. The molecule has 0 aliphatic heterocycles. The Hall–Kier alpha value is -1.42. The van der Waals surface area contributed by atoms with Gasteiger partial charge in [-0.3, -0.25) is 0 Å². The van der Waals surface area contributed by atoms with Crippen molar-refractivity contribution in [2.75, 3.05) is 0 Å². The molecule has 92 valence electrons. The molecule has 17 heavy (non-hydrogen) atoms. The second-order valence-electron chi connectivity index (χ2n) is 2.98. The van der Waals surface area contributed by atoms with Crippen LogP contribution in [0, 0.1) is 11.3 Å². The van der Waals surface area contributed by atoms with E-state index in [2.05, 4.69) is 4.98 Å². The van der Waals surface area contributed by atoms with E-state index in [0.29, 0.717) is 6.07 Å². The lowest BCUT2D eigenvalue weighted by Gasteiger charge is -2.13. The summed E-state index contributed by atoms with van der Waals surface area (Å²) in [7, 11) is 0. The van der Waals surface area contributed by atoms with Crippen LogP contribution in [0.5, 0.6) is 0 Å². The molecule has 0 amide bonds. The Morgan fingerprint density at radius 3 is 2.41 bits per heavy atom. The van der Waals surface area contributed by atoms with Crippen molar-refractivity contribution in [3.05, 3.63) is 28.0 Å². The summed E-state index contributed by atoms with van der Waals surface area (Å²) in [5.41, 5.74) is -3.29. The first-order chi connectivity index (χ1) is 7.77. The minimum atomic E-state index is -4.96. The van der Waals surface area contributed by atoms with E-state index in [4.69, 9.17) is 16.9 Å². The maximum atomic E-state index is 12.4. The average Bonchev–Trinajstić information content (AvgIpc) is 2.19. The van der Waals surface area contributed by atoms with Gasteiger partial charge < -0.3 is 0 Å². The molecule has 0 aliphatic rings. The van der Waals surface area contributed by atoms with E-state index in [1.165, 1.54) is 0 Å². The Labute approximate surface area is 97.6 Å². The summed E-state index contributed by atoms with van der Waals surface area (Å²) in [5.74, 6) is 0. The maximum absolute atomic E-state index is 12.4. The number of alkyl halides is 5. The van der Waals surface area contributed by atoms with E-state index in [0.717, 1.165) is 0 Å². The van der Waals surface area contributed by atoms with Gasteiger partial charge in [0.1, 0.15) is 5.69 Å². The Kier molecular flexibility index (Phi) is 3.88. The number of pyridine rings is 1. The summed E-state index contributed by atoms with van der Waals surface area (Å²) in [6, 6.07) is 1.94.